The topological polar surface area (TPSA) is 20.2 Å². The van der Waals surface area contributed by atoms with Gasteiger partial charge in [0.1, 0.15) is 0 Å². The highest BCUT2D eigenvalue weighted by Gasteiger charge is 2.39. The molecule has 1 N–H and O–H groups in total. The van der Waals surface area contributed by atoms with Crippen molar-refractivity contribution >= 4 is 11.8 Å². The highest BCUT2D eigenvalue weighted by Crippen LogP contribution is 2.43. The van der Waals surface area contributed by atoms with E-state index in [1.807, 2.05) is 6.92 Å². The van der Waals surface area contributed by atoms with Crippen LogP contribution < -0.4 is 0 Å². The predicted octanol–water partition coefficient (Wildman–Crippen LogP) is 3.73. The minimum atomic E-state index is -4.33. The summed E-state index contributed by atoms with van der Waals surface area (Å²) in [5.41, 5.74) is -0.529. The standard InChI is InChI=1S/C13H15F3OS/c1-8-5-10(13(14,15)16)3-4-11(8)12(17)6-9(2)18-7-12/h3-5,9,17H,6-7H2,1-2H3. The van der Waals surface area contributed by atoms with Gasteiger partial charge in [0.2, 0.25) is 0 Å². The van der Waals surface area contributed by atoms with E-state index in [1.165, 1.54) is 6.07 Å². The molecule has 1 aromatic carbocycles. The first-order valence-corrected chi connectivity index (χ1v) is 6.79. The van der Waals surface area contributed by atoms with Crippen LogP contribution in [-0.4, -0.2) is 16.1 Å². The molecule has 0 amide bonds. The van der Waals surface area contributed by atoms with Gasteiger partial charge < -0.3 is 5.11 Å². The zero-order chi connectivity index (χ0) is 13.6. The van der Waals surface area contributed by atoms with Crippen molar-refractivity contribution in [3.05, 3.63) is 34.9 Å². The SMILES string of the molecule is Cc1cc(C(F)(F)F)ccc1C1(O)CSC(C)C1. The summed E-state index contributed by atoms with van der Waals surface area (Å²) in [4.78, 5) is 0. The van der Waals surface area contributed by atoms with Crippen LogP contribution in [-0.2, 0) is 11.8 Å². The van der Waals surface area contributed by atoms with E-state index in [4.69, 9.17) is 0 Å². The van der Waals surface area contributed by atoms with Gasteiger partial charge in [0, 0.05) is 11.0 Å². The van der Waals surface area contributed by atoms with Crippen LogP contribution in [0, 0.1) is 6.92 Å². The van der Waals surface area contributed by atoms with E-state index in [9.17, 15) is 18.3 Å². The number of halogens is 3. The Morgan fingerprint density at radius 2 is 2.06 bits per heavy atom. The molecule has 5 heteroatoms. The summed E-state index contributed by atoms with van der Waals surface area (Å²) in [5, 5.41) is 10.8. The molecule has 0 bridgehead atoms. The van der Waals surface area contributed by atoms with Crippen LogP contribution in [0.2, 0.25) is 0 Å². The number of hydrogen-bond acceptors (Lipinski definition) is 2. The lowest BCUT2D eigenvalue weighted by atomic mass is 9.87. The molecular weight excluding hydrogens is 261 g/mol. The maximum absolute atomic E-state index is 12.6. The van der Waals surface area contributed by atoms with Gasteiger partial charge in [0.15, 0.2) is 0 Å². The highest BCUT2D eigenvalue weighted by molar-refractivity contribution is 8.00. The van der Waals surface area contributed by atoms with Crippen molar-refractivity contribution in [1.82, 2.24) is 0 Å². The summed E-state index contributed by atoms with van der Waals surface area (Å²) >= 11 is 1.65. The van der Waals surface area contributed by atoms with Crippen molar-refractivity contribution in [3.63, 3.8) is 0 Å². The number of alkyl halides is 3. The zero-order valence-electron chi connectivity index (χ0n) is 10.2. The number of hydrogen-bond donors (Lipinski definition) is 1. The number of aryl methyl sites for hydroxylation is 1. The molecule has 100 valence electrons. The van der Waals surface area contributed by atoms with Crippen LogP contribution >= 0.6 is 11.8 Å². The third-order valence-corrected chi connectivity index (χ3v) is 4.67. The summed E-state index contributed by atoms with van der Waals surface area (Å²) in [7, 11) is 0. The molecule has 1 aliphatic rings. The molecule has 0 radical (unpaired) electrons. The summed E-state index contributed by atoms with van der Waals surface area (Å²) in [5.74, 6) is 0.542. The van der Waals surface area contributed by atoms with Crippen molar-refractivity contribution in [2.45, 2.75) is 37.3 Å². The molecule has 0 aromatic heterocycles. The summed E-state index contributed by atoms with van der Waals surface area (Å²) in [6, 6.07) is 3.58. The monoisotopic (exact) mass is 276 g/mol. The molecule has 2 unspecified atom stereocenters. The van der Waals surface area contributed by atoms with Crippen LogP contribution in [0.15, 0.2) is 18.2 Å². The van der Waals surface area contributed by atoms with Crippen molar-refractivity contribution in [2.75, 3.05) is 5.75 Å². The largest absolute Gasteiger partial charge is 0.416 e. The smallest absolute Gasteiger partial charge is 0.384 e. The number of rotatable bonds is 1. The Morgan fingerprint density at radius 3 is 2.50 bits per heavy atom. The first-order chi connectivity index (χ1) is 8.22. The van der Waals surface area contributed by atoms with E-state index in [-0.39, 0.29) is 0 Å². The molecular formula is C13H15F3OS. The summed E-state index contributed by atoms with van der Waals surface area (Å²) in [6.45, 7) is 3.64. The van der Waals surface area contributed by atoms with E-state index >= 15 is 0 Å². The normalized spacial score (nSPS) is 28.7. The lowest BCUT2D eigenvalue weighted by Gasteiger charge is -2.25. The lowest BCUT2D eigenvalue weighted by Crippen LogP contribution is -2.27. The van der Waals surface area contributed by atoms with Gasteiger partial charge in [0.25, 0.3) is 0 Å². The number of aliphatic hydroxyl groups is 1. The molecule has 1 aromatic rings. The van der Waals surface area contributed by atoms with E-state index in [0.29, 0.717) is 28.6 Å². The Kier molecular flexibility index (Phi) is 3.40. The van der Waals surface area contributed by atoms with Crippen LogP contribution in [0.25, 0.3) is 0 Å². The Balaban J connectivity index is 2.36. The predicted molar refractivity (Wildman–Crippen MR) is 66.6 cm³/mol. The van der Waals surface area contributed by atoms with Gasteiger partial charge in [-0.2, -0.15) is 24.9 Å². The Hall–Kier alpha value is -0.680. The molecule has 1 nitrogen and oxygen atoms in total. The molecule has 1 fully saturated rings. The molecule has 1 aliphatic heterocycles. The number of thioether (sulfide) groups is 1. The fraction of sp³-hybridized carbons (Fsp3) is 0.538. The van der Waals surface area contributed by atoms with Gasteiger partial charge in [-0.1, -0.05) is 13.0 Å². The quantitative estimate of drug-likeness (QED) is 0.843. The molecule has 1 heterocycles. The van der Waals surface area contributed by atoms with Gasteiger partial charge in [-0.05, 0) is 36.6 Å². The van der Waals surface area contributed by atoms with E-state index < -0.39 is 17.3 Å². The minimum absolute atomic E-state index is 0.330. The van der Waals surface area contributed by atoms with Crippen molar-refractivity contribution in [3.8, 4) is 0 Å². The van der Waals surface area contributed by atoms with Crippen molar-refractivity contribution < 1.29 is 18.3 Å². The van der Waals surface area contributed by atoms with Crippen LogP contribution in [0.1, 0.15) is 30.0 Å². The van der Waals surface area contributed by atoms with Gasteiger partial charge in [0.05, 0.1) is 11.2 Å². The molecule has 2 atom stereocenters. The fourth-order valence-electron chi connectivity index (χ4n) is 2.42. The van der Waals surface area contributed by atoms with Crippen LogP contribution in [0.4, 0.5) is 13.2 Å². The van der Waals surface area contributed by atoms with Gasteiger partial charge in [-0.25, -0.2) is 0 Å². The highest BCUT2D eigenvalue weighted by atomic mass is 32.2. The molecule has 0 aliphatic carbocycles. The van der Waals surface area contributed by atoms with Crippen molar-refractivity contribution in [2.24, 2.45) is 0 Å². The van der Waals surface area contributed by atoms with Gasteiger partial charge in [-0.15, -0.1) is 0 Å². The Labute approximate surface area is 108 Å². The van der Waals surface area contributed by atoms with E-state index in [2.05, 4.69) is 0 Å². The second kappa shape index (κ2) is 4.46. The van der Waals surface area contributed by atoms with E-state index in [1.54, 1.807) is 18.7 Å². The summed E-state index contributed by atoms with van der Waals surface area (Å²) < 4.78 is 37.7. The Bertz CT molecular complexity index is 458. The third kappa shape index (κ3) is 2.52. The molecule has 2 rings (SSSR count). The van der Waals surface area contributed by atoms with Crippen LogP contribution in [0.3, 0.4) is 0 Å². The average Bonchev–Trinajstić information content (AvgIpc) is 2.58. The third-order valence-electron chi connectivity index (χ3n) is 3.29. The Morgan fingerprint density at radius 1 is 1.39 bits per heavy atom. The minimum Gasteiger partial charge on any atom is -0.384 e. The second-order valence-electron chi connectivity index (χ2n) is 4.88. The van der Waals surface area contributed by atoms with Gasteiger partial charge in [-0.3, -0.25) is 0 Å². The molecule has 1 saturated heterocycles. The maximum atomic E-state index is 12.6. The second-order valence-corrected chi connectivity index (χ2v) is 6.31. The maximum Gasteiger partial charge on any atom is 0.416 e. The lowest BCUT2D eigenvalue weighted by molar-refractivity contribution is -0.137. The van der Waals surface area contributed by atoms with Gasteiger partial charge >= 0.3 is 6.18 Å². The zero-order valence-corrected chi connectivity index (χ0v) is 11.0. The first-order valence-electron chi connectivity index (χ1n) is 5.75. The fourth-order valence-corrected chi connectivity index (χ4v) is 3.65. The van der Waals surface area contributed by atoms with Crippen LogP contribution in [0.5, 0.6) is 0 Å². The molecule has 18 heavy (non-hydrogen) atoms. The average molecular weight is 276 g/mol. The van der Waals surface area contributed by atoms with Crippen molar-refractivity contribution in [1.29, 1.82) is 0 Å². The molecule has 0 saturated carbocycles. The van der Waals surface area contributed by atoms with E-state index in [0.717, 1.165) is 12.1 Å². The molecule has 0 spiro atoms. The first kappa shape index (κ1) is 13.7. The number of benzene rings is 1. The summed E-state index contributed by atoms with van der Waals surface area (Å²) in [6.07, 6.45) is -3.74.